The van der Waals surface area contributed by atoms with Gasteiger partial charge in [-0.3, -0.25) is 9.36 Å². The molecule has 0 spiro atoms. The molecule has 7 heteroatoms. The predicted molar refractivity (Wildman–Crippen MR) is 123 cm³/mol. The van der Waals surface area contributed by atoms with E-state index in [1.807, 2.05) is 70.2 Å². The number of amides is 2. The number of nitrogens with zero attached hydrogens (tertiary/aromatic N) is 3. The van der Waals surface area contributed by atoms with Gasteiger partial charge in [-0.25, -0.2) is 9.78 Å². The number of carbonyl (C=O) groups excluding carboxylic acids is 1. The third-order valence-electron chi connectivity index (χ3n) is 5.20. The van der Waals surface area contributed by atoms with Gasteiger partial charge < -0.3 is 15.0 Å². The Bertz CT molecular complexity index is 1090. The molecule has 164 valence electrons. The summed E-state index contributed by atoms with van der Waals surface area (Å²) < 4.78 is 7.17. The maximum absolute atomic E-state index is 13.6. The van der Waals surface area contributed by atoms with Crippen molar-refractivity contribution in [2.75, 3.05) is 19.7 Å². The lowest BCUT2D eigenvalue weighted by Crippen LogP contribution is -2.43. The molecular weight excluding hydrogens is 392 g/mol. The van der Waals surface area contributed by atoms with Gasteiger partial charge in [0.25, 0.3) is 5.56 Å². The van der Waals surface area contributed by atoms with Gasteiger partial charge in [0.05, 0.1) is 29.2 Å². The number of benzene rings is 2. The highest BCUT2D eigenvalue weighted by molar-refractivity contribution is 5.78. The van der Waals surface area contributed by atoms with E-state index in [1.165, 1.54) is 0 Å². The summed E-state index contributed by atoms with van der Waals surface area (Å²) in [5.41, 5.74) is 1.15. The third kappa shape index (κ3) is 4.55. The lowest BCUT2D eigenvalue weighted by atomic mass is 10.1. The smallest absolute Gasteiger partial charge is 0.318 e. The number of carbonyl (C=O) groups is 1. The highest BCUT2D eigenvalue weighted by Gasteiger charge is 2.27. The van der Waals surface area contributed by atoms with Crippen molar-refractivity contribution in [3.8, 4) is 11.4 Å². The fraction of sp³-hybridized carbons (Fsp3) is 0.375. The molecule has 3 aromatic rings. The first-order chi connectivity index (χ1) is 15.0. The summed E-state index contributed by atoms with van der Waals surface area (Å²) in [5.74, 6) is 1.28. The van der Waals surface area contributed by atoms with Crippen molar-refractivity contribution in [2.45, 2.75) is 40.2 Å². The van der Waals surface area contributed by atoms with Crippen molar-refractivity contribution in [1.29, 1.82) is 0 Å². The first kappa shape index (κ1) is 22.3. The Labute approximate surface area is 182 Å². The molecular formula is C24H30N4O3. The van der Waals surface area contributed by atoms with E-state index in [0.717, 1.165) is 5.75 Å². The normalized spacial score (nSPS) is 11.9. The average Bonchev–Trinajstić information content (AvgIpc) is 2.78. The fourth-order valence-electron chi connectivity index (χ4n) is 3.78. The first-order valence-electron chi connectivity index (χ1n) is 10.8. The molecule has 7 nitrogen and oxygen atoms in total. The maximum atomic E-state index is 13.6. The molecule has 1 unspecified atom stereocenters. The molecule has 2 aromatic carbocycles. The molecule has 1 heterocycles. The number of ether oxygens (including phenoxy) is 1. The molecule has 0 aliphatic heterocycles. The molecule has 0 aliphatic carbocycles. The van der Waals surface area contributed by atoms with Crippen LogP contribution in [0.1, 0.15) is 46.0 Å². The monoisotopic (exact) mass is 422 g/mol. The van der Waals surface area contributed by atoms with Crippen molar-refractivity contribution >= 4 is 16.9 Å². The molecule has 1 N–H and O–H groups in total. The van der Waals surface area contributed by atoms with Gasteiger partial charge in [0.15, 0.2) is 0 Å². The predicted octanol–water partition coefficient (Wildman–Crippen LogP) is 4.29. The van der Waals surface area contributed by atoms with Crippen LogP contribution in [0.25, 0.3) is 16.6 Å². The van der Waals surface area contributed by atoms with Gasteiger partial charge in [0, 0.05) is 13.1 Å². The minimum Gasteiger partial charge on any atom is -0.494 e. The largest absolute Gasteiger partial charge is 0.494 e. The summed E-state index contributed by atoms with van der Waals surface area (Å²) in [6.45, 7) is 9.33. The SMILES string of the molecule is CCNC(=O)N(CC)C(CC)c1nc2ccccc2c(=O)n1-c1ccc(OCC)cc1. The van der Waals surface area contributed by atoms with E-state index >= 15 is 0 Å². The van der Waals surface area contributed by atoms with E-state index in [-0.39, 0.29) is 17.6 Å². The molecule has 31 heavy (non-hydrogen) atoms. The summed E-state index contributed by atoms with van der Waals surface area (Å²) in [7, 11) is 0. The van der Waals surface area contributed by atoms with E-state index in [9.17, 15) is 9.59 Å². The van der Waals surface area contributed by atoms with Gasteiger partial charge in [-0.15, -0.1) is 0 Å². The molecule has 3 rings (SSSR count). The summed E-state index contributed by atoms with van der Waals surface area (Å²) in [6, 6.07) is 14.2. The second-order valence-electron chi connectivity index (χ2n) is 7.10. The highest BCUT2D eigenvalue weighted by Crippen LogP contribution is 2.26. The molecule has 1 aromatic heterocycles. The zero-order valence-electron chi connectivity index (χ0n) is 18.6. The second kappa shape index (κ2) is 10.1. The van der Waals surface area contributed by atoms with Crippen LogP contribution in [0.15, 0.2) is 53.3 Å². The van der Waals surface area contributed by atoms with Crippen LogP contribution < -0.4 is 15.6 Å². The van der Waals surface area contributed by atoms with Crippen LogP contribution in [0.5, 0.6) is 5.75 Å². The molecule has 0 saturated heterocycles. The standard InChI is InChI=1S/C24H30N4O3/c1-5-21(27(7-3)24(30)25-6-2)22-26-20-12-10-9-11-19(20)23(29)28(22)17-13-15-18(16-14-17)31-8-4/h9-16,21H,5-8H2,1-4H3,(H,25,30). The summed E-state index contributed by atoms with van der Waals surface area (Å²) in [5, 5.41) is 3.41. The molecule has 0 aliphatic rings. The Kier molecular flexibility index (Phi) is 7.28. The van der Waals surface area contributed by atoms with Crippen LogP contribution in [-0.2, 0) is 0 Å². The van der Waals surface area contributed by atoms with Crippen LogP contribution in [-0.4, -0.2) is 40.2 Å². The Morgan fingerprint density at radius 2 is 1.81 bits per heavy atom. The van der Waals surface area contributed by atoms with Crippen LogP contribution >= 0.6 is 0 Å². The van der Waals surface area contributed by atoms with Crippen LogP contribution in [0, 0.1) is 0 Å². The summed E-state index contributed by atoms with van der Waals surface area (Å²) in [6.07, 6.45) is 0.618. The van der Waals surface area contributed by atoms with Gasteiger partial charge in [0.2, 0.25) is 0 Å². The van der Waals surface area contributed by atoms with Crippen molar-refractivity contribution in [3.05, 3.63) is 64.7 Å². The number of aromatic nitrogens is 2. The average molecular weight is 423 g/mol. The number of urea groups is 1. The Morgan fingerprint density at radius 1 is 1.10 bits per heavy atom. The lowest BCUT2D eigenvalue weighted by molar-refractivity contribution is 0.173. The Morgan fingerprint density at radius 3 is 2.42 bits per heavy atom. The van der Waals surface area contributed by atoms with Crippen LogP contribution in [0.4, 0.5) is 4.79 Å². The molecule has 0 fully saturated rings. The summed E-state index contributed by atoms with van der Waals surface area (Å²) >= 11 is 0. The number of fused-ring (bicyclic) bond motifs is 1. The highest BCUT2D eigenvalue weighted by atomic mass is 16.5. The van der Waals surface area contributed by atoms with Gasteiger partial charge in [-0.1, -0.05) is 19.1 Å². The molecule has 1 atom stereocenters. The van der Waals surface area contributed by atoms with Gasteiger partial charge in [-0.05, 0) is 63.6 Å². The van der Waals surface area contributed by atoms with Crippen molar-refractivity contribution < 1.29 is 9.53 Å². The van der Waals surface area contributed by atoms with E-state index in [1.54, 1.807) is 15.5 Å². The zero-order valence-corrected chi connectivity index (χ0v) is 18.6. The van der Waals surface area contributed by atoms with Gasteiger partial charge in [-0.2, -0.15) is 0 Å². The van der Waals surface area contributed by atoms with E-state index < -0.39 is 0 Å². The maximum Gasteiger partial charge on any atom is 0.318 e. The topological polar surface area (TPSA) is 76.5 Å². The van der Waals surface area contributed by atoms with Crippen molar-refractivity contribution in [1.82, 2.24) is 19.8 Å². The Balaban J connectivity index is 2.24. The third-order valence-corrected chi connectivity index (χ3v) is 5.20. The van der Waals surface area contributed by atoms with E-state index in [2.05, 4.69) is 5.32 Å². The van der Waals surface area contributed by atoms with E-state index in [0.29, 0.717) is 48.5 Å². The fourth-order valence-corrected chi connectivity index (χ4v) is 3.78. The number of para-hydroxylation sites is 1. The van der Waals surface area contributed by atoms with Crippen LogP contribution in [0.2, 0.25) is 0 Å². The molecule has 0 saturated carbocycles. The van der Waals surface area contributed by atoms with Crippen molar-refractivity contribution in [2.24, 2.45) is 0 Å². The minimum atomic E-state index is -0.361. The molecule has 0 radical (unpaired) electrons. The quantitative estimate of drug-likeness (QED) is 0.588. The summed E-state index contributed by atoms with van der Waals surface area (Å²) in [4.78, 5) is 32.9. The number of hydrogen-bond acceptors (Lipinski definition) is 4. The molecule has 2 amide bonds. The first-order valence-corrected chi connectivity index (χ1v) is 10.8. The Hall–Kier alpha value is -3.35. The molecule has 0 bridgehead atoms. The van der Waals surface area contributed by atoms with E-state index in [4.69, 9.17) is 9.72 Å². The number of hydrogen-bond donors (Lipinski definition) is 1. The van der Waals surface area contributed by atoms with Gasteiger partial charge in [0.1, 0.15) is 11.6 Å². The zero-order chi connectivity index (χ0) is 22.4. The lowest BCUT2D eigenvalue weighted by Gasteiger charge is -2.31. The van der Waals surface area contributed by atoms with Crippen molar-refractivity contribution in [3.63, 3.8) is 0 Å². The van der Waals surface area contributed by atoms with Crippen LogP contribution in [0.3, 0.4) is 0 Å². The second-order valence-corrected chi connectivity index (χ2v) is 7.10. The number of rotatable bonds is 8. The number of nitrogens with one attached hydrogen (secondary N) is 1. The van der Waals surface area contributed by atoms with Gasteiger partial charge >= 0.3 is 6.03 Å². The minimum absolute atomic E-state index is 0.157.